The normalized spacial score (nSPS) is 18.3. The molecule has 9 heteroatoms. The van der Waals surface area contributed by atoms with Crippen molar-refractivity contribution < 1.29 is 19.3 Å². The van der Waals surface area contributed by atoms with Crippen molar-refractivity contribution in [2.45, 2.75) is 70.6 Å². The molecule has 32 heavy (non-hydrogen) atoms. The molecule has 1 aliphatic heterocycles. The molecule has 0 bridgehead atoms. The SMILES string of the molecule is Cc1nccc(NCCCOc2nn(C3CCC4(CC3)OCCO4)c(C)c2CCCO)n1. The van der Waals surface area contributed by atoms with E-state index in [-0.39, 0.29) is 12.4 Å². The first kappa shape index (κ1) is 22.9. The van der Waals surface area contributed by atoms with E-state index in [9.17, 15) is 5.11 Å². The zero-order valence-electron chi connectivity index (χ0n) is 19.2. The molecule has 1 saturated heterocycles. The average molecular weight is 446 g/mol. The Balaban J connectivity index is 1.34. The van der Waals surface area contributed by atoms with E-state index in [0.717, 1.165) is 68.0 Å². The van der Waals surface area contributed by atoms with Crippen molar-refractivity contribution in [2.24, 2.45) is 0 Å². The van der Waals surface area contributed by atoms with E-state index in [1.165, 1.54) is 0 Å². The summed E-state index contributed by atoms with van der Waals surface area (Å²) >= 11 is 0. The van der Waals surface area contributed by atoms with Crippen molar-refractivity contribution in [2.75, 3.05) is 38.3 Å². The molecule has 4 rings (SSSR count). The number of aliphatic hydroxyl groups excluding tert-OH is 1. The lowest BCUT2D eigenvalue weighted by Crippen LogP contribution is -2.36. The van der Waals surface area contributed by atoms with Gasteiger partial charge >= 0.3 is 0 Å². The van der Waals surface area contributed by atoms with Crippen LogP contribution >= 0.6 is 0 Å². The Hall–Kier alpha value is -2.23. The summed E-state index contributed by atoms with van der Waals surface area (Å²) in [6.07, 6.45) is 7.79. The molecule has 9 nitrogen and oxygen atoms in total. The number of hydrogen-bond acceptors (Lipinski definition) is 8. The van der Waals surface area contributed by atoms with Crippen LogP contribution < -0.4 is 10.1 Å². The van der Waals surface area contributed by atoms with E-state index < -0.39 is 0 Å². The Morgan fingerprint density at radius 1 is 1.22 bits per heavy atom. The Labute approximate surface area is 189 Å². The molecule has 1 saturated carbocycles. The van der Waals surface area contributed by atoms with Gasteiger partial charge in [-0.15, -0.1) is 5.10 Å². The number of aryl methyl sites for hydroxylation is 1. The van der Waals surface area contributed by atoms with Crippen LogP contribution in [-0.2, 0) is 15.9 Å². The zero-order chi connectivity index (χ0) is 22.4. The number of anilines is 1. The summed E-state index contributed by atoms with van der Waals surface area (Å²) in [6.45, 7) is 6.86. The van der Waals surface area contributed by atoms with E-state index in [4.69, 9.17) is 19.3 Å². The van der Waals surface area contributed by atoms with E-state index in [0.29, 0.717) is 38.2 Å². The van der Waals surface area contributed by atoms with Gasteiger partial charge in [0.05, 0.1) is 25.9 Å². The summed E-state index contributed by atoms with van der Waals surface area (Å²) in [7, 11) is 0. The molecular formula is C23H35N5O4. The Morgan fingerprint density at radius 3 is 2.72 bits per heavy atom. The molecule has 2 fully saturated rings. The first-order valence-electron chi connectivity index (χ1n) is 11.7. The maximum absolute atomic E-state index is 9.34. The van der Waals surface area contributed by atoms with Crippen LogP contribution in [0, 0.1) is 13.8 Å². The molecule has 0 aromatic carbocycles. The fourth-order valence-electron chi connectivity index (χ4n) is 4.63. The minimum absolute atomic E-state index is 0.160. The second kappa shape index (κ2) is 10.6. The third kappa shape index (κ3) is 5.39. The van der Waals surface area contributed by atoms with Crippen molar-refractivity contribution in [3.05, 3.63) is 29.3 Å². The standard InChI is InChI=1S/C23H35N5O4/c1-17-20(5-3-13-29)22(30-14-4-11-25-21-8-12-24-18(2)26-21)27-28(17)19-6-9-23(10-7-19)31-15-16-32-23/h8,12,19,29H,3-7,9-11,13-16H2,1-2H3,(H,24,25,26). The molecule has 0 radical (unpaired) electrons. The fraction of sp³-hybridized carbons (Fsp3) is 0.696. The molecule has 0 unspecified atom stereocenters. The van der Waals surface area contributed by atoms with Gasteiger partial charge in [-0.1, -0.05) is 0 Å². The first-order chi connectivity index (χ1) is 15.6. The molecule has 1 spiro atoms. The molecule has 0 amide bonds. The smallest absolute Gasteiger partial charge is 0.236 e. The second-order valence-corrected chi connectivity index (χ2v) is 8.60. The van der Waals surface area contributed by atoms with Gasteiger partial charge in [-0.3, -0.25) is 4.68 Å². The topological polar surface area (TPSA) is 104 Å². The van der Waals surface area contributed by atoms with Crippen LogP contribution in [0.4, 0.5) is 5.82 Å². The van der Waals surface area contributed by atoms with Crippen molar-refractivity contribution in [1.82, 2.24) is 19.7 Å². The molecular weight excluding hydrogens is 410 g/mol. The Kier molecular flexibility index (Phi) is 7.59. The molecule has 0 atom stereocenters. The molecule has 3 heterocycles. The van der Waals surface area contributed by atoms with Gasteiger partial charge in [0, 0.05) is 43.4 Å². The fourth-order valence-corrected chi connectivity index (χ4v) is 4.63. The highest BCUT2D eigenvalue weighted by Gasteiger charge is 2.41. The van der Waals surface area contributed by atoms with Crippen LogP contribution in [0.3, 0.4) is 0 Å². The number of nitrogens with zero attached hydrogens (tertiary/aromatic N) is 4. The highest BCUT2D eigenvalue weighted by molar-refractivity contribution is 5.33. The third-order valence-corrected chi connectivity index (χ3v) is 6.34. The van der Waals surface area contributed by atoms with Gasteiger partial charge in [-0.25, -0.2) is 9.97 Å². The number of aromatic nitrogens is 4. The van der Waals surface area contributed by atoms with Crippen LogP contribution in [0.15, 0.2) is 12.3 Å². The van der Waals surface area contributed by atoms with Gasteiger partial charge in [0.1, 0.15) is 11.6 Å². The first-order valence-corrected chi connectivity index (χ1v) is 11.7. The Morgan fingerprint density at radius 2 is 2.00 bits per heavy atom. The van der Waals surface area contributed by atoms with Crippen LogP contribution in [0.25, 0.3) is 0 Å². The summed E-state index contributed by atoms with van der Waals surface area (Å²) in [5, 5.41) is 17.5. The maximum Gasteiger partial charge on any atom is 0.236 e. The largest absolute Gasteiger partial charge is 0.476 e. The summed E-state index contributed by atoms with van der Waals surface area (Å²) in [5.41, 5.74) is 2.24. The number of nitrogens with one attached hydrogen (secondary N) is 1. The quantitative estimate of drug-likeness (QED) is 0.538. The molecule has 1 aliphatic carbocycles. The minimum Gasteiger partial charge on any atom is -0.476 e. The van der Waals surface area contributed by atoms with E-state index in [1.54, 1.807) is 6.20 Å². The lowest BCUT2D eigenvalue weighted by molar-refractivity contribution is -0.181. The van der Waals surface area contributed by atoms with Crippen molar-refractivity contribution in [3.63, 3.8) is 0 Å². The third-order valence-electron chi connectivity index (χ3n) is 6.34. The van der Waals surface area contributed by atoms with Crippen molar-refractivity contribution in [3.8, 4) is 5.88 Å². The van der Waals surface area contributed by atoms with Gasteiger partial charge in [-0.05, 0) is 52.0 Å². The van der Waals surface area contributed by atoms with Crippen LogP contribution in [0.1, 0.15) is 61.6 Å². The molecule has 176 valence electrons. The van der Waals surface area contributed by atoms with Gasteiger partial charge in [0.15, 0.2) is 5.79 Å². The summed E-state index contributed by atoms with van der Waals surface area (Å²) in [4.78, 5) is 8.46. The van der Waals surface area contributed by atoms with Gasteiger partial charge in [0.2, 0.25) is 5.88 Å². The number of aliphatic hydroxyl groups is 1. The number of hydrogen-bond donors (Lipinski definition) is 2. The highest BCUT2D eigenvalue weighted by Crippen LogP contribution is 2.41. The van der Waals surface area contributed by atoms with Gasteiger partial charge in [0.25, 0.3) is 0 Å². The van der Waals surface area contributed by atoms with Gasteiger partial charge in [-0.2, -0.15) is 0 Å². The van der Waals surface area contributed by atoms with Crippen molar-refractivity contribution >= 4 is 5.82 Å². The molecule has 2 aromatic rings. The summed E-state index contributed by atoms with van der Waals surface area (Å²) < 4.78 is 20.0. The average Bonchev–Trinajstić information content (AvgIpc) is 3.37. The van der Waals surface area contributed by atoms with Crippen LogP contribution in [0.2, 0.25) is 0 Å². The monoisotopic (exact) mass is 445 g/mol. The highest BCUT2D eigenvalue weighted by atomic mass is 16.7. The van der Waals surface area contributed by atoms with Crippen LogP contribution in [-0.4, -0.2) is 63.6 Å². The summed E-state index contributed by atoms with van der Waals surface area (Å²) in [5.74, 6) is 1.90. The lowest BCUT2D eigenvalue weighted by atomic mass is 9.90. The minimum atomic E-state index is -0.369. The molecule has 2 aliphatic rings. The van der Waals surface area contributed by atoms with E-state index in [2.05, 4.69) is 26.9 Å². The van der Waals surface area contributed by atoms with Crippen LogP contribution in [0.5, 0.6) is 5.88 Å². The van der Waals surface area contributed by atoms with Gasteiger partial charge < -0.3 is 24.6 Å². The zero-order valence-corrected chi connectivity index (χ0v) is 19.2. The molecule has 2 N–H and O–H groups in total. The number of ether oxygens (including phenoxy) is 3. The van der Waals surface area contributed by atoms with E-state index in [1.807, 2.05) is 13.0 Å². The van der Waals surface area contributed by atoms with E-state index >= 15 is 0 Å². The predicted molar refractivity (Wildman–Crippen MR) is 120 cm³/mol. The van der Waals surface area contributed by atoms with Crippen molar-refractivity contribution in [1.29, 1.82) is 0 Å². The Bertz CT molecular complexity index is 871. The second-order valence-electron chi connectivity index (χ2n) is 8.60. The molecule has 2 aromatic heterocycles. The summed E-state index contributed by atoms with van der Waals surface area (Å²) in [6, 6.07) is 2.18. The number of rotatable bonds is 10. The lowest BCUT2D eigenvalue weighted by Gasteiger charge is -2.35. The predicted octanol–water partition coefficient (Wildman–Crippen LogP) is 2.95. The maximum atomic E-state index is 9.34.